The number of aromatic nitrogens is 3. The standard InChI is InChI=1S/C22H30N4O/c1-5-16(4)20(21-23-17-10-6-7-11-18(17)24-21)25-22(27)19(14-15(2)3)26-12-8-9-13-26/h6-13,15-16,19-20H,5,14H2,1-4H3,(H,23,24)(H,25,27)/t16-,19+,20-/m0/s1. The molecule has 3 atom stereocenters. The molecule has 2 aromatic heterocycles. The van der Waals surface area contributed by atoms with E-state index in [0.717, 1.165) is 29.7 Å². The molecule has 2 heterocycles. The number of imidazole rings is 1. The number of benzene rings is 1. The van der Waals surface area contributed by atoms with E-state index in [2.05, 4.69) is 38.0 Å². The van der Waals surface area contributed by atoms with Gasteiger partial charge < -0.3 is 14.9 Å². The molecule has 0 spiro atoms. The maximum Gasteiger partial charge on any atom is 0.243 e. The number of H-pyrrole nitrogens is 1. The highest BCUT2D eigenvalue weighted by atomic mass is 16.2. The minimum atomic E-state index is -0.212. The van der Waals surface area contributed by atoms with Crippen molar-refractivity contribution in [1.82, 2.24) is 19.9 Å². The molecule has 0 aliphatic rings. The van der Waals surface area contributed by atoms with Crippen LogP contribution >= 0.6 is 0 Å². The molecular weight excluding hydrogens is 336 g/mol. The number of amides is 1. The SMILES string of the molecule is CC[C@H](C)[C@H](NC(=O)[C@@H](CC(C)C)n1cccc1)c1nc2ccccc2[nH]1. The zero-order chi connectivity index (χ0) is 19.4. The van der Waals surface area contributed by atoms with E-state index in [-0.39, 0.29) is 23.9 Å². The largest absolute Gasteiger partial charge is 0.344 e. The van der Waals surface area contributed by atoms with E-state index in [0.29, 0.717) is 5.92 Å². The van der Waals surface area contributed by atoms with Crippen LogP contribution < -0.4 is 5.32 Å². The number of nitrogens with zero attached hydrogens (tertiary/aromatic N) is 2. The summed E-state index contributed by atoms with van der Waals surface area (Å²) in [6.45, 7) is 8.60. The number of nitrogens with one attached hydrogen (secondary N) is 2. The van der Waals surface area contributed by atoms with Gasteiger partial charge in [-0.15, -0.1) is 0 Å². The summed E-state index contributed by atoms with van der Waals surface area (Å²) >= 11 is 0. The molecule has 0 fully saturated rings. The Morgan fingerprint density at radius 1 is 1.15 bits per heavy atom. The third kappa shape index (κ3) is 4.41. The lowest BCUT2D eigenvalue weighted by Gasteiger charge is -2.27. The summed E-state index contributed by atoms with van der Waals surface area (Å²) in [5.41, 5.74) is 1.93. The smallest absolute Gasteiger partial charge is 0.243 e. The molecule has 0 bridgehead atoms. The number of para-hydroxylation sites is 2. The average molecular weight is 367 g/mol. The fraction of sp³-hybridized carbons (Fsp3) is 0.455. The fourth-order valence-corrected chi connectivity index (χ4v) is 3.45. The molecule has 0 aliphatic heterocycles. The lowest BCUT2D eigenvalue weighted by atomic mass is 9.97. The van der Waals surface area contributed by atoms with Gasteiger partial charge in [0.2, 0.25) is 5.91 Å². The number of fused-ring (bicyclic) bond motifs is 1. The lowest BCUT2D eigenvalue weighted by Crippen LogP contribution is -2.38. The van der Waals surface area contributed by atoms with E-state index in [9.17, 15) is 4.79 Å². The first-order valence-corrected chi connectivity index (χ1v) is 9.87. The second-order valence-electron chi connectivity index (χ2n) is 7.79. The third-order valence-corrected chi connectivity index (χ3v) is 5.20. The van der Waals surface area contributed by atoms with E-state index in [1.807, 2.05) is 53.4 Å². The molecule has 1 aromatic carbocycles. The van der Waals surface area contributed by atoms with Gasteiger partial charge in [0, 0.05) is 12.4 Å². The van der Waals surface area contributed by atoms with E-state index in [4.69, 9.17) is 4.98 Å². The monoisotopic (exact) mass is 366 g/mol. The normalized spacial score (nSPS) is 15.0. The number of aromatic amines is 1. The van der Waals surface area contributed by atoms with Gasteiger partial charge in [-0.1, -0.05) is 46.2 Å². The van der Waals surface area contributed by atoms with Crippen LogP contribution in [0.3, 0.4) is 0 Å². The molecule has 1 amide bonds. The summed E-state index contributed by atoms with van der Waals surface area (Å²) in [5.74, 6) is 1.58. The molecule has 0 saturated carbocycles. The number of carbonyl (C=O) groups excluding carboxylic acids is 1. The molecule has 5 heteroatoms. The van der Waals surface area contributed by atoms with Crippen LogP contribution in [-0.4, -0.2) is 20.4 Å². The van der Waals surface area contributed by atoms with Gasteiger partial charge in [-0.05, 0) is 42.5 Å². The maximum atomic E-state index is 13.2. The van der Waals surface area contributed by atoms with Crippen LogP contribution in [0, 0.1) is 11.8 Å². The van der Waals surface area contributed by atoms with E-state index in [1.54, 1.807) is 0 Å². The summed E-state index contributed by atoms with van der Waals surface area (Å²) in [6.07, 6.45) is 5.69. The molecule has 3 aromatic rings. The van der Waals surface area contributed by atoms with Gasteiger partial charge in [0.1, 0.15) is 11.9 Å². The molecule has 2 N–H and O–H groups in total. The van der Waals surface area contributed by atoms with Crippen molar-refractivity contribution in [3.05, 3.63) is 54.6 Å². The fourth-order valence-electron chi connectivity index (χ4n) is 3.45. The van der Waals surface area contributed by atoms with Crippen molar-refractivity contribution in [2.45, 2.75) is 52.6 Å². The van der Waals surface area contributed by atoms with Crippen molar-refractivity contribution in [2.24, 2.45) is 11.8 Å². The van der Waals surface area contributed by atoms with Crippen LogP contribution in [0.25, 0.3) is 11.0 Å². The molecule has 27 heavy (non-hydrogen) atoms. The summed E-state index contributed by atoms with van der Waals surface area (Å²) in [7, 11) is 0. The minimum Gasteiger partial charge on any atom is -0.344 e. The molecule has 144 valence electrons. The van der Waals surface area contributed by atoms with Gasteiger partial charge in [-0.25, -0.2) is 4.98 Å². The van der Waals surface area contributed by atoms with Gasteiger partial charge in [-0.2, -0.15) is 0 Å². The zero-order valence-electron chi connectivity index (χ0n) is 16.6. The molecule has 0 aliphatic carbocycles. The molecular formula is C22H30N4O. The van der Waals surface area contributed by atoms with Gasteiger partial charge in [0.25, 0.3) is 0 Å². The highest BCUT2D eigenvalue weighted by Crippen LogP contribution is 2.26. The third-order valence-electron chi connectivity index (χ3n) is 5.20. The Morgan fingerprint density at radius 3 is 2.48 bits per heavy atom. The van der Waals surface area contributed by atoms with E-state index < -0.39 is 0 Å². The predicted octanol–water partition coefficient (Wildman–Crippen LogP) is 4.86. The number of rotatable bonds is 8. The first-order valence-electron chi connectivity index (χ1n) is 9.87. The van der Waals surface area contributed by atoms with Crippen LogP contribution in [-0.2, 0) is 4.79 Å². The highest BCUT2D eigenvalue weighted by molar-refractivity contribution is 5.81. The van der Waals surface area contributed by atoms with Crippen molar-refractivity contribution in [3.63, 3.8) is 0 Å². The Morgan fingerprint density at radius 2 is 1.85 bits per heavy atom. The summed E-state index contributed by atoms with van der Waals surface area (Å²) < 4.78 is 2.00. The van der Waals surface area contributed by atoms with Crippen LogP contribution in [0.15, 0.2) is 48.8 Å². The number of carbonyl (C=O) groups is 1. The maximum absolute atomic E-state index is 13.2. The van der Waals surface area contributed by atoms with Crippen molar-refractivity contribution < 1.29 is 4.79 Å². The van der Waals surface area contributed by atoms with Crippen molar-refractivity contribution >= 4 is 16.9 Å². The van der Waals surface area contributed by atoms with Crippen LogP contribution in [0.2, 0.25) is 0 Å². The Hall–Kier alpha value is -2.56. The van der Waals surface area contributed by atoms with Crippen LogP contribution in [0.4, 0.5) is 0 Å². The first-order chi connectivity index (χ1) is 13.0. The first kappa shape index (κ1) is 19.2. The van der Waals surface area contributed by atoms with Gasteiger partial charge >= 0.3 is 0 Å². The lowest BCUT2D eigenvalue weighted by molar-refractivity contribution is -0.126. The zero-order valence-corrected chi connectivity index (χ0v) is 16.6. The Kier molecular flexibility index (Phi) is 5.99. The summed E-state index contributed by atoms with van der Waals surface area (Å²) in [5, 5.41) is 3.29. The van der Waals surface area contributed by atoms with Crippen LogP contribution in [0.1, 0.15) is 58.4 Å². The Labute approximate surface area is 161 Å². The molecule has 0 radical (unpaired) electrons. The van der Waals surface area contributed by atoms with Gasteiger partial charge in [-0.3, -0.25) is 4.79 Å². The topological polar surface area (TPSA) is 62.7 Å². The molecule has 0 unspecified atom stereocenters. The van der Waals surface area contributed by atoms with Crippen molar-refractivity contribution in [2.75, 3.05) is 0 Å². The highest BCUT2D eigenvalue weighted by Gasteiger charge is 2.28. The second-order valence-corrected chi connectivity index (χ2v) is 7.79. The van der Waals surface area contributed by atoms with Gasteiger partial charge in [0.15, 0.2) is 0 Å². The van der Waals surface area contributed by atoms with E-state index in [1.165, 1.54) is 0 Å². The van der Waals surface area contributed by atoms with Crippen LogP contribution in [0.5, 0.6) is 0 Å². The summed E-state index contributed by atoms with van der Waals surface area (Å²) in [4.78, 5) is 21.4. The van der Waals surface area contributed by atoms with E-state index >= 15 is 0 Å². The molecule has 0 saturated heterocycles. The predicted molar refractivity (Wildman–Crippen MR) is 109 cm³/mol. The average Bonchev–Trinajstić information content (AvgIpc) is 3.32. The molecule has 3 rings (SSSR count). The number of hydrogen-bond acceptors (Lipinski definition) is 2. The second kappa shape index (κ2) is 8.42. The Balaban J connectivity index is 1.87. The minimum absolute atomic E-state index is 0.0469. The Bertz CT molecular complexity index is 832. The summed E-state index contributed by atoms with van der Waals surface area (Å²) in [6, 6.07) is 11.6. The quantitative estimate of drug-likeness (QED) is 0.598. The van der Waals surface area contributed by atoms with Crippen molar-refractivity contribution in [1.29, 1.82) is 0 Å². The number of hydrogen-bond donors (Lipinski definition) is 2. The van der Waals surface area contributed by atoms with Crippen molar-refractivity contribution in [3.8, 4) is 0 Å². The van der Waals surface area contributed by atoms with Gasteiger partial charge in [0.05, 0.1) is 17.1 Å². The molecule has 5 nitrogen and oxygen atoms in total.